The van der Waals surface area contributed by atoms with Crippen LogP contribution in [0.25, 0.3) is 0 Å². The second-order valence-electron chi connectivity index (χ2n) is 4.64. The number of aromatic nitrogens is 1. The molecular weight excluding hydrogens is 288 g/mol. The Balaban J connectivity index is 2.19. The van der Waals surface area contributed by atoms with Crippen LogP contribution in [0.4, 0.5) is 5.13 Å². The molecule has 106 valence electrons. The number of aliphatic hydroxyl groups excluding tert-OH is 1. The number of nitrogens with zero attached hydrogens (tertiary/aromatic N) is 2. The lowest BCUT2D eigenvalue weighted by atomic mass is 9.92. The summed E-state index contributed by atoms with van der Waals surface area (Å²) in [4.78, 5) is 17.9. The van der Waals surface area contributed by atoms with Crippen molar-refractivity contribution >= 4 is 34.0 Å². The van der Waals surface area contributed by atoms with E-state index in [-0.39, 0.29) is 17.3 Å². The second kappa shape index (κ2) is 6.07. The van der Waals surface area contributed by atoms with E-state index in [4.69, 9.17) is 11.6 Å². The molecule has 0 saturated heterocycles. The number of carbonyl (C=O) groups is 1. The predicted molar refractivity (Wildman–Crippen MR) is 75.1 cm³/mol. The first kappa shape index (κ1) is 14.6. The summed E-state index contributed by atoms with van der Waals surface area (Å²) in [5.74, 6) is -0.480. The summed E-state index contributed by atoms with van der Waals surface area (Å²) in [5, 5.41) is 10.8. The van der Waals surface area contributed by atoms with Crippen molar-refractivity contribution in [1.82, 2.24) is 4.98 Å². The van der Waals surface area contributed by atoms with Crippen LogP contribution in [0.15, 0.2) is 0 Å². The molecule has 1 aliphatic rings. The summed E-state index contributed by atoms with van der Waals surface area (Å²) in [5.41, 5.74) is 0. The van der Waals surface area contributed by atoms with Gasteiger partial charge in [-0.15, -0.1) is 0 Å². The number of ether oxygens (including phenoxy) is 1. The number of anilines is 1. The molecule has 5 nitrogen and oxygen atoms in total. The molecule has 1 aromatic rings. The van der Waals surface area contributed by atoms with Gasteiger partial charge in [0, 0.05) is 7.05 Å². The minimum absolute atomic E-state index is 0.0291. The second-order valence-corrected chi connectivity index (χ2v) is 5.97. The summed E-state index contributed by atoms with van der Waals surface area (Å²) in [6.07, 6.45) is 3.51. The van der Waals surface area contributed by atoms with Crippen molar-refractivity contribution in [1.29, 1.82) is 0 Å². The fourth-order valence-corrected chi connectivity index (χ4v) is 3.56. The molecule has 1 heterocycles. The first-order valence-electron chi connectivity index (χ1n) is 6.20. The highest BCUT2D eigenvalue weighted by Gasteiger charge is 2.29. The van der Waals surface area contributed by atoms with Crippen molar-refractivity contribution in [3.63, 3.8) is 0 Å². The first-order chi connectivity index (χ1) is 9.04. The number of thiazole rings is 1. The molecule has 1 N–H and O–H groups in total. The zero-order chi connectivity index (χ0) is 14.0. The van der Waals surface area contributed by atoms with Crippen LogP contribution in [0.3, 0.4) is 0 Å². The van der Waals surface area contributed by atoms with Gasteiger partial charge in [0.2, 0.25) is 0 Å². The highest BCUT2D eigenvalue weighted by atomic mass is 35.5. The molecule has 0 aromatic carbocycles. The minimum atomic E-state index is -0.480. The molecule has 2 rings (SSSR count). The SMILES string of the molecule is COC(=O)c1sc(N(C)C2CCCCC2O)nc1Cl. The fourth-order valence-electron chi connectivity index (χ4n) is 2.35. The van der Waals surface area contributed by atoms with Crippen LogP contribution >= 0.6 is 22.9 Å². The minimum Gasteiger partial charge on any atom is -0.465 e. The number of carbonyl (C=O) groups excluding carboxylic acids is 1. The van der Waals surface area contributed by atoms with Gasteiger partial charge in [0.05, 0.1) is 19.3 Å². The van der Waals surface area contributed by atoms with Crippen LogP contribution in [0.5, 0.6) is 0 Å². The molecule has 1 aliphatic carbocycles. The third-order valence-corrected chi connectivity index (χ3v) is 4.95. The van der Waals surface area contributed by atoms with Gasteiger partial charge in [0.25, 0.3) is 0 Å². The van der Waals surface area contributed by atoms with E-state index in [1.807, 2.05) is 11.9 Å². The van der Waals surface area contributed by atoms with E-state index in [9.17, 15) is 9.90 Å². The number of halogens is 1. The summed E-state index contributed by atoms with van der Waals surface area (Å²) in [7, 11) is 3.18. The lowest BCUT2D eigenvalue weighted by Crippen LogP contribution is -2.43. The number of hydrogen-bond donors (Lipinski definition) is 1. The zero-order valence-corrected chi connectivity index (χ0v) is 12.5. The van der Waals surface area contributed by atoms with Crippen LogP contribution in [0, 0.1) is 0 Å². The Labute approximate surface area is 121 Å². The van der Waals surface area contributed by atoms with E-state index in [1.165, 1.54) is 18.4 Å². The Morgan fingerprint density at radius 1 is 1.53 bits per heavy atom. The van der Waals surface area contributed by atoms with Crippen molar-refractivity contribution in [3.8, 4) is 0 Å². The van der Waals surface area contributed by atoms with Gasteiger partial charge in [-0.1, -0.05) is 35.8 Å². The maximum absolute atomic E-state index is 11.5. The fraction of sp³-hybridized carbons (Fsp3) is 0.667. The molecule has 1 aromatic heterocycles. The van der Waals surface area contributed by atoms with Crippen LogP contribution in [-0.2, 0) is 4.74 Å². The first-order valence-corrected chi connectivity index (χ1v) is 7.39. The number of likely N-dealkylation sites (N-methyl/N-ethyl adjacent to an activating group) is 1. The van der Waals surface area contributed by atoms with Crippen molar-refractivity contribution in [2.24, 2.45) is 0 Å². The van der Waals surface area contributed by atoms with Gasteiger partial charge < -0.3 is 14.7 Å². The summed E-state index contributed by atoms with van der Waals surface area (Å²) in [6.45, 7) is 0. The lowest BCUT2D eigenvalue weighted by Gasteiger charge is -2.34. The molecule has 7 heteroatoms. The van der Waals surface area contributed by atoms with E-state index < -0.39 is 5.97 Å². The van der Waals surface area contributed by atoms with Gasteiger partial charge >= 0.3 is 5.97 Å². The number of methoxy groups -OCH3 is 1. The quantitative estimate of drug-likeness (QED) is 0.868. The third-order valence-electron chi connectivity index (χ3n) is 3.44. The maximum Gasteiger partial charge on any atom is 0.351 e. The van der Waals surface area contributed by atoms with Gasteiger partial charge in [-0.2, -0.15) is 0 Å². The molecule has 1 fully saturated rings. The van der Waals surface area contributed by atoms with Crippen LogP contribution in [0.2, 0.25) is 5.15 Å². The Hall–Kier alpha value is -0.850. The van der Waals surface area contributed by atoms with Crippen molar-refractivity contribution in [2.45, 2.75) is 37.8 Å². The van der Waals surface area contributed by atoms with Gasteiger partial charge in [-0.05, 0) is 12.8 Å². The normalized spacial score (nSPS) is 23.2. The number of esters is 1. The molecule has 2 unspecified atom stereocenters. The predicted octanol–water partition coefficient (Wildman–Crippen LogP) is 2.32. The van der Waals surface area contributed by atoms with E-state index in [0.717, 1.165) is 25.7 Å². The van der Waals surface area contributed by atoms with E-state index in [0.29, 0.717) is 10.0 Å². The average Bonchev–Trinajstić information content (AvgIpc) is 2.80. The molecule has 0 spiro atoms. The third kappa shape index (κ3) is 3.01. The Morgan fingerprint density at radius 3 is 2.84 bits per heavy atom. The van der Waals surface area contributed by atoms with Crippen molar-refractivity contribution in [3.05, 3.63) is 10.0 Å². The van der Waals surface area contributed by atoms with Crippen molar-refractivity contribution in [2.75, 3.05) is 19.1 Å². The molecule has 1 saturated carbocycles. The summed E-state index contributed by atoms with van der Waals surface area (Å²) >= 11 is 7.14. The van der Waals surface area contributed by atoms with Crippen molar-refractivity contribution < 1.29 is 14.6 Å². The molecule has 2 atom stereocenters. The molecule has 0 aliphatic heterocycles. The monoisotopic (exact) mass is 304 g/mol. The van der Waals surface area contributed by atoms with E-state index in [2.05, 4.69) is 9.72 Å². The van der Waals surface area contributed by atoms with Gasteiger partial charge in [-0.3, -0.25) is 0 Å². The average molecular weight is 305 g/mol. The molecule has 19 heavy (non-hydrogen) atoms. The number of hydrogen-bond acceptors (Lipinski definition) is 6. The lowest BCUT2D eigenvalue weighted by molar-refractivity contribution is 0.0606. The van der Waals surface area contributed by atoms with Gasteiger partial charge in [0.15, 0.2) is 15.2 Å². The standard InChI is InChI=1S/C12H17ClN2O3S/c1-15(7-5-3-4-6-8(7)16)12-14-10(13)9(19-12)11(17)18-2/h7-8,16H,3-6H2,1-2H3. The Bertz CT molecular complexity index is 466. The largest absolute Gasteiger partial charge is 0.465 e. The van der Waals surface area contributed by atoms with Crippen LogP contribution < -0.4 is 4.90 Å². The summed E-state index contributed by atoms with van der Waals surface area (Å²) in [6, 6.07) is 0.0291. The Kier molecular flexibility index (Phi) is 4.65. The van der Waals surface area contributed by atoms with Gasteiger partial charge in [-0.25, -0.2) is 9.78 Å². The zero-order valence-electron chi connectivity index (χ0n) is 10.9. The van der Waals surface area contributed by atoms with Crippen LogP contribution in [0.1, 0.15) is 35.4 Å². The van der Waals surface area contributed by atoms with Gasteiger partial charge in [0.1, 0.15) is 0 Å². The molecule has 0 radical (unpaired) electrons. The topological polar surface area (TPSA) is 62.7 Å². The molecule has 0 amide bonds. The maximum atomic E-state index is 11.5. The smallest absolute Gasteiger partial charge is 0.351 e. The number of aliphatic hydroxyl groups is 1. The molecular formula is C12H17ClN2O3S. The highest BCUT2D eigenvalue weighted by molar-refractivity contribution is 7.18. The number of rotatable bonds is 3. The molecule has 0 bridgehead atoms. The van der Waals surface area contributed by atoms with Crippen LogP contribution in [-0.4, -0.2) is 42.4 Å². The highest BCUT2D eigenvalue weighted by Crippen LogP contribution is 2.33. The summed E-state index contributed by atoms with van der Waals surface area (Å²) < 4.78 is 4.66. The Morgan fingerprint density at radius 2 is 2.21 bits per heavy atom. The van der Waals surface area contributed by atoms with E-state index >= 15 is 0 Å². The van der Waals surface area contributed by atoms with E-state index in [1.54, 1.807) is 0 Å².